The van der Waals surface area contributed by atoms with Gasteiger partial charge in [0.2, 0.25) is 0 Å². The molecule has 0 aliphatic rings. The van der Waals surface area contributed by atoms with Gasteiger partial charge in [-0.15, -0.1) is 0 Å². The van der Waals surface area contributed by atoms with E-state index in [9.17, 15) is 9.90 Å². The molecule has 1 aromatic rings. The van der Waals surface area contributed by atoms with Crippen LogP contribution in [0.5, 0.6) is 5.75 Å². The predicted molar refractivity (Wildman–Crippen MR) is 137 cm³/mol. The number of carbonyl (C=O) groups is 1. The molecular weight excluding hydrogens is 402 g/mol. The van der Waals surface area contributed by atoms with Gasteiger partial charge >= 0.3 is 0 Å². The lowest BCUT2D eigenvalue weighted by Gasteiger charge is -2.07. The average Bonchev–Trinajstić information content (AvgIpc) is 2.78. The number of rotatable bonds is 21. The van der Waals surface area contributed by atoms with Gasteiger partial charge in [-0.05, 0) is 24.3 Å². The maximum Gasteiger partial charge on any atom is 0.255 e. The number of amides is 1. The zero-order valence-electron chi connectivity index (χ0n) is 20.0. The monoisotopic (exact) mass is 449 g/mol. The minimum atomic E-state index is -0.193. The van der Waals surface area contributed by atoms with Crippen LogP contribution in [0.4, 0.5) is 0 Å². The van der Waals surface area contributed by atoms with Gasteiger partial charge in [0.15, 0.2) is 0 Å². The smallest absolute Gasteiger partial charge is 0.255 e. The van der Waals surface area contributed by atoms with Crippen molar-refractivity contribution in [2.75, 3.05) is 18.1 Å². The van der Waals surface area contributed by atoms with Crippen LogP contribution in [0.3, 0.4) is 0 Å². The SMILES string of the molecule is CCCCCCCCCCCCCCCCCCSCCNC(=O)c1ccccc1O. The highest BCUT2D eigenvalue weighted by Crippen LogP contribution is 2.16. The molecule has 0 bridgehead atoms. The first-order chi connectivity index (χ1) is 15.3. The van der Waals surface area contributed by atoms with Gasteiger partial charge in [-0.3, -0.25) is 4.79 Å². The van der Waals surface area contributed by atoms with Crippen LogP contribution >= 0.6 is 11.8 Å². The van der Waals surface area contributed by atoms with Crippen LogP contribution in [0.2, 0.25) is 0 Å². The second-order valence-electron chi connectivity index (χ2n) is 8.69. The second-order valence-corrected chi connectivity index (χ2v) is 9.91. The molecule has 0 aliphatic carbocycles. The average molecular weight is 450 g/mol. The standard InChI is InChI=1S/C27H47NO2S/c1-2-3-4-5-6-7-8-9-10-11-12-13-14-15-16-19-23-31-24-22-28-27(30)25-20-17-18-21-26(25)29/h17-18,20-21,29H,2-16,19,22-24H2,1H3,(H,28,30). The molecule has 4 heteroatoms. The number of benzene rings is 1. The zero-order valence-corrected chi connectivity index (χ0v) is 20.8. The molecule has 1 aromatic carbocycles. The fourth-order valence-electron chi connectivity index (χ4n) is 3.85. The molecule has 0 heterocycles. The maximum absolute atomic E-state index is 12.0. The van der Waals surface area contributed by atoms with Crippen molar-refractivity contribution < 1.29 is 9.90 Å². The molecule has 1 rings (SSSR count). The summed E-state index contributed by atoms with van der Waals surface area (Å²) < 4.78 is 0. The number of hydrogen-bond acceptors (Lipinski definition) is 3. The van der Waals surface area contributed by atoms with Crippen molar-refractivity contribution in [1.29, 1.82) is 0 Å². The molecule has 0 fully saturated rings. The number of carbonyl (C=O) groups excluding carboxylic acids is 1. The Morgan fingerprint density at radius 2 is 1.23 bits per heavy atom. The molecular formula is C27H47NO2S. The van der Waals surface area contributed by atoms with Crippen LogP contribution in [-0.4, -0.2) is 29.1 Å². The van der Waals surface area contributed by atoms with Gasteiger partial charge in [-0.25, -0.2) is 0 Å². The van der Waals surface area contributed by atoms with Gasteiger partial charge in [0.25, 0.3) is 5.91 Å². The van der Waals surface area contributed by atoms with Crippen LogP contribution in [0.15, 0.2) is 24.3 Å². The van der Waals surface area contributed by atoms with Crippen molar-refractivity contribution in [3.63, 3.8) is 0 Å². The fourth-order valence-corrected chi connectivity index (χ4v) is 4.71. The summed E-state index contributed by atoms with van der Waals surface area (Å²) in [5.74, 6) is 1.95. The number of thioether (sulfide) groups is 1. The Kier molecular flexibility index (Phi) is 18.6. The third-order valence-corrected chi connectivity index (χ3v) is 6.89. The molecule has 0 spiro atoms. The molecule has 1 amide bonds. The summed E-state index contributed by atoms with van der Waals surface area (Å²) in [4.78, 5) is 12.0. The number of hydrogen-bond donors (Lipinski definition) is 2. The van der Waals surface area contributed by atoms with Gasteiger partial charge in [0.05, 0.1) is 5.56 Å². The van der Waals surface area contributed by atoms with E-state index in [1.54, 1.807) is 24.3 Å². The Balaban J connectivity index is 1.75. The van der Waals surface area contributed by atoms with Crippen molar-refractivity contribution in [3.05, 3.63) is 29.8 Å². The van der Waals surface area contributed by atoms with Crippen LogP contribution in [0, 0.1) is 0 Å². The minimum absolute atomic E-state index is 0.0424. The topological polar surface area (TPSA) is 49.3 Å². The van der Waals surface area contributed by atoms with E-state index >= 15 is 0 Å². The summed E-state index contributed by atoms with van der Waals surface area (Å²) in [5, 5.41) is 12.6. The number of phenolic OH excluding ortho intramolecular Hbond substituents is 1. The van der Waals surface area contributed by atoms with Gasteiger partial charge < -0.3 is 10.4 Å². The molecule has 0 aliphatic heterocycles. The molecule has 0 unspecified atom stereocenters. The van der Waals surface area contributed by atoms with E-state index in [4.69, 9.17) is 0 Å². The number of para-hydroxylation sites is 1. The zero-order chi connectivity index (χ0) is 22.4. The first-order valence-electron chi connectivity index (χ1n) is 12.9. The molecule has 31 heavy (non-hydrogen) atoms. The molecule has 0 saturated heterocycles. The van der Waals surface area contributed by atoms with E-state index in [2.05, 4.69) is 12.2 Å². The number of nitrogens with one attached hydrogen (secondary N) is 1. The first kappa shape index (κ1) is 27.9. The second kappa shape index (κ2) is 20.7. The van der Waals surface area contributed by atoms with E-state index in [0.717, 1.165) is 5.75 Å². The summed E-state index contributed by atoms with van der Waals surface area (Å²) in [6.07, 6.45) is 22.5. The van der Waals surface area contributed by atoms with Crippen molar-refractivity contribution >= 4 is 17.7 Å². The lowest BCUT2D eigenvalue weighted by Crippen LogP contribution is -2.25. The van der Waals surface area contributed by atoms with Crippen molar-refractivity contribution in [2.45, 2.75) is 110 Å². The summed E-state index contributed by atoms with van der Waals surface area (Å²) in [6, 6.07) is 6.68. The van der Waals surface area contributed by atoms with Gasteiger partial charge in [-0.1, -0.05) is 115 Å². The minimum Gasteiger partial charge on any atom is -0.507 e. The van der Waals surface area contributed by atoms with Crippen LogP contribution in [-0.2, 0) is 0 Å². The Labute approximate surface area is 196 Å². The number of phenols is 1. The number of unbranched alkanes of at least 4 members (excludes halogenated alkanes) is 15. The fraction of sp³-hybridized carbons (Fsp3) is 0.741. The Morgan fingerprint density at radius 3 is 1.74 bits per heavy atom. The quantitative estimate of drug-likeness (QED) is 0.186. The summed E-state index contributed by atoms with van der Waals surface area (Å²) in [5.41, 5.74) is 0.352. The maximum atomic E-state index is 12.0. The van der Waals surface area contributed by atoms with Crippen LogP contribution < -0.4 is 5.32 Å². The normalized spacial score (nSPS) is 11.0. The summed E-state index contributed by atoms with van der Waals surface area (Å²) in [7, 11) is 0. The molecule has 2 N–H and O–H groups in total. The van der Waals surface area contributed by atoms with Crippen LogP contribution in [0.25, 0.3) is 0 Å². The first-order valence-corrected chi connectivity index (χ1v) is 14.0. The van der Waals surface area contributed by atoms with E-state index in [0.29, 0.717) is 12.1 Å². The predicted octanol–water partition coefficient (Wildman–Crippen LogP) is 8.12. The van der Waals surface area contributed by atoms with Crippen molar-refractivity contribution in [2.24, 2.45) is 0 Å². The van der Waals surface area contributed by atoms with Gasteiger partial charge in [-0.2, -0.15) is 11.8 Å². The highest BCUT2D eigenvalue weighted by Gasteiger charge is 2.08. The Morgan fingerprint density at radius 1 is 0.742 bits per heavy atom. The Bertz CT molecular complexity index is 550. The summed E-state index contributed by atoms with van der Waals surface area (Å²) in [6.45, 7) is 2.93. The third-order valence-electron chi connectivity index (χ3n) is 5.82. The molecule has 0 atom stereocenters. The van der Waals surface area contributed by atoms with Gasteiger partial charge in [0.1, 0.15) is 5.75 Å². The van der Waals surface area contributed by atoms with Crippen molar-refractivity contribution in [1.82, 2.24) is 5.32 Å². The van der Waals surface area contributed by atoms with E-state index in [1.165, 1.54) is 108 Å². The molecule has 3 nitrogen and oxygen atoms in total. The highest BCUT2D eigenvalue weighted by molar-refractivity contribution is 7.99. The van der Waals surface area contributed by atoms with Gasteiger partial charge in [0, 0.05) is 12.3 Å². The van der Waals surface area contributed by atoms with E-state index in [1.807, 2.05) is 11.8 Å². The Hall–Kier alpha value is -1.16. The third kappa shape index (κ3) is 16.2. The molecule has 0 aromatic heterocycles. The summed E-state index contributed by atoms with van der Waals surface area (Å²) >= 11 is 1.90. The largest absolute Gasteiger partial charge is 0.507 e. The lowest BCUT2D eigenvalue weighted by atomic mass is 10.0. The van der Waals surface area contributed by atoms with Crippen LogP contribution in [0.1, 0.15) is 120 Å². The molecule has 0 radical (unpaired) electrons. The molecule has 178 valence electrons. The van der Waals surface area contributed by atoms with Crippen molar-refractivity contribution in [3.8, 4) is 5.75 Å². The van der Waals surface area contributed by atoms with E-state index < -0.39 is 0 Å². The number of aromatic hydroxyl groups is 1. The highest BCUT2D eigenvalue weighted by atomic mass is 32.2. The lowest BCUT2D eigenvalue weighted by molar-refractivity contribution is 0.0953. The molecule has 0 saturated carbocycles. The van der Waals surface area contributed by atoms with E-state index in [-0.39, 0.29) is 11.7 Å².